The van der Waals surface area contributed by atoms with Crippen molar-refractivity contribution < 1.29 is 36.7 Å². The number of aryl methyl sites for hydroxylation is 1. The second-order valence-corrected chi connectivity index (χ2v) is 14.4. The van der Waals surface area contributed by atoms with Crippen LogP contribution in [0.25, 0.3) is 0 Å². The van der Waals surface area contributed by atoms with E-state index in [1.807, 2.05) is 45.0 Å². The molecule has 0 aromatic heterocycles. The van der Waals surface area contributed by atoms with Crippen LogP contribution in [0.2, 0.25) is 0 Å². The molecule has 2 aromatic rings. The van der Waals surface area contributed by atoms with Gasteiger partial charge in [0.05, 0.1) is 23.1 Å². The highest BCUT2D eigenvalue weighted by Gasteiger charge is 2.35. The van der Waals surface area contributed by atoms with Crippen LogP contribution in [0, 0.1) is 11.6 Å². The maximum atomic E-state index is 14.1. The topological polar surface area (TPSA) is 166 Å². The first-order valence-electron chi connectivity index (χ1n) is 16.4. The fourth-order valence-electron chi connectivity index (χ4n) is 5.59. The summed E-state index contributed by atoms with van der Waals surface area (Å²) in [4.78, 5) is 38.5. The highest BCUT2D eigenvalue weighted by molar-refractivity contribution is 7.92. The quantitative estimate of drug-likeness (QED) is 0.151. The molecule has 0 spiro atoms. The van der Waals surface area contributed by atoms with Gasteiger partial charge in [-0.3, -0.25) is 14.4 Å². The number of nitrogens with one attached hydrogen (secondary N) is 4. The van der Waals surface area contributed by atoms with Crippen molar-refractivity contribution in [2.45, 2.75) is 102 Å². The average Bonchev–Trinajstić information content (AvgIpc) is 3.03. The number of hydrazone groups is 1. The van der Waals surface area contributed by atoms with E-state index in [1.54, 1.807) is 0 Å². The van der Waals surface area contributed by atoms with E-state index >= 15 is 0 Å². The van der Waals surface area contributed by atoms with Crippen LogP contribution in [-0.4, -0.2) is 72.7 Å². The Morgan fingerprint density at radius 3 is 2.23 bits per heavy atom. The lowest BCUT2D eigenvalue weighted by molar-refractivity contribution is -0.127. The number of carbonyl (C=O) groups is 3. The maximum absolute atomic E-state index is 14.1. The van der Waals surface area contributed by atoms with Crippen molar-refractivity contribution in [3.8, 4) is 0 Å². The molecule has 0 aliphatic carbocycles. The summed E-state index contributed by atoms with van der Waals surface area (Å²) >= 11 is 0. The van der Waals surface area contributed by atoms with Gasteiger partial charge >= 0.3 is 0 Å². The van der Waals surface area contributed by atoms with Crippen LogP contribution in [0.4, 0.5) is 8.78 Å². The summed E-state index contributed by atoms with van der Waals surface area (Å²) in [5, 5.41) is 22.5. The molecule has 0 radical (unpaired) electrons. The fourth-order valence-corrected chi connectivity index (χ4v) is 7.75. The summed E-state index contributed by atoms with van der Waals surface area (Å²) in [6, 6.07) is 8.01. The maximum Gasteiger partial charge on any atom is 0.268 e. The van der Waals surface area contributed by atoms with E-state index in [0.29, 0.717) is 38.3 Å². The van der Waals surface area contributed by atoms with Gasteiger partial charge in [0, 0.05) is 32.0 Å². The minimum Gasteiger partial charge on any atom is -0.390 e. The van der Waals surface area contributed by atoms with Crippen LogP contribution in [0.1, 0.15) is 76.0 Å². The second kappa shape index (κ2) is 18.7. The molecule has 0 fully saturated rings. The SMILES string of the molecule is CCCC(CCC)S(=O)(=O)CC(NC(=O)C1=NNC(=O)CC1)C(=O)N[C@@H](Cc1cc(F)cc(F)c1)[C@H](O)CNCc1cccc(CC)c1. The zero-order valence-corrected chi connectivity index (χ0v) is 28.5. The van der Waals surface area contributed by atoms with Crippen LogP contribution in [0.15, 0.2) is 47.6 Å². The largest absolute Gasteiger partial charge is 0.390 e. The van der Waals surface area contributed by atoms with E-state index in [9.17, 15) is 36.7 Å². The van der Waals surface area contributed by atoms with Crippen molar-refractivity contribution in [2.75, 3.05) is 12.3 Å². The number of sulfone groups is 1. The lowest BCUT2D eigenvalue weighted by Crippen LogP contribution is -2.58. The molecular weight excluding hydrogens is 644 g/mol. The average molecular weight is 692 g/mol. The van der Waals surface area contributed by atoms with E-state index in [-0.39, 0.29) is 43.0 Å². The van der Waals surface area contributed by atoms with Gasteiger partial charge in [-0.2, -0.15) is 5.10 Å². The number of benzene rings is 2. The Hall–Kier alpha value is -3.75. The molecule has 1 heterocycles. The third-order valence-corrected chi connectivity index (χ3v) is 10.5. The number of nitrogens with zero attached hydrogens (tertiary/aromatic N) is 1. The zero-order valence-electron chi connectivity index (χ0n) is 27.7. The number of rotatable bonds is 19. The first kappa shape index (κ1) is 38.7. The van der Waals surface area contributed by atoms with E-state index in [0.717, 1.165) is 29.7 Å². The Labute approximate surface area is 281 Å². The molecule has 1 aliphatic heterocycles. The highest BCUT2D eigenvalue weighted by atomic mass is 32.2. The Kier molecular flexibility index (Phi) is 15.1. The van der Waals surface area contributed by atoms with E-state index < -0.39 is 62.5 Å². The number of hydrogen-bond donors (Lipinski definition) is 5. The number of hydrogen-bond acceptors (Lipinski definition) is 8. The van der Waals surface area contributed by atoms with E-state index in [1.165, 1.54) is 0 Å². The number of aliphatic hydroxyl groups is 1. The third kappa shape index (κ3) is 12.0. The molecule has 2 aromatic carbocycles. The van der Waals surface area contributed by atoms with Gasteiger partial charge in [-0.15, -0.1) is 0 Å². The molecule has 48 heavy (non-hydrogen) atoms. The monoisotopic (exact) mass is 691 g/mol. The van der Waals surface area contributed by atoms with E-state index in [4.69, 9.17) is 0 Å². The Morgan fingerprint density at radius 2 is 1.62 bits per heavy atom. The number of amides is 3. The molecule has 0 bridgehead atoms. The van der Waals surface area contributed by atoms with Gasteiger partial charge in [0.15, 0.2) is 9.84 Å². The van der Waals surface area contributed by atoms with Crippen molar-refractivity contribution in [1.82, 2.24) is 21.4 Å². The molecule has 0 saturated heterocycles. The lowest BCUT2D eigenvalue weighted by Gasteiger charge is -2.28. The molecule has 3 rings (SSSR count). The molecular formula is C34H47F2N5O6S. The van der Waals surface area contributed by atoms with Gasteiger partial charge in [0.2, 0.25) is 11.8 Å². The fraction of sp³-hybridized carbons (Fsp3) is 0.529. The van der Waals surface area contributed by atoms with E-state index in [2.05, 4.69) is 26.5 Å². The van der Waals surface area contributed by atoms with Gasteiger partial charge < -0.3 is 21.1 Å². The zero-order chi connectivity index (χ0) is 35.3. The second-order valence-electron chi connectivity index (χ2n) is 12.1. The number of aliphatic hydroxyl groups excluding tert-OH is 1. The van der Waals surface area contributed by atoms with Gasteiger partial charge in [-0.1, -0.05) is 57.9 Å². The molecule has 3 amide bonds. The van der Waals surface area contributed by atoms with Crippen LogP contribution in [0.5, 0.6) is 0 Å². The molecule has 0 saturated carbocycles. The van der Waals surface area contributed by atoms with Crippen molar-refractivity contribution in [3.63, 3.8) is 0 Å². The van der Waals surface area contributed by atoms with Gasteiger partial charge in [-0.25, -0.2) is 22.6 Å². The lowest BCUT2D eigenvalue weighted by atomic mass is 10.00. The molecule has 11 nitrogen and oxygen atoms in total. The van der Waals surface area contributed by atoms with Crippen LogP contribution in [-0.2, 0) is 43.6 Å². The number of halogens is 2. The summed E-state index contributed by atoms with van der Waals surface area (Å²) in [5.41, 5.74) is 4.39. The first-order chi connectivity index (χ1) is 22.8. The predicted molar refractivity (Wildman–Crippen MR) is 180 cm³/mol. The van der Waals surface area contributed by atoms with Crippen LogP contribution in [0.3, 0.4) is 0 Å². The predicted octanol–water partition coefficient (Wildman–Crippen LogP) is 2.84. The summed E-state index contributed by atoms with van der Waals surface area (Å²) in [6.45, 7) is 6.12. The van der Waals surface area contributed by atoms with Crippen molar-refractivity contribution in [3.05, 3.63) is 70.8 Å². The van der Waals surface area contributed by atoms with Crippen molar-refractivity contribution in [2.24, 2.45) is 5.10 Å². The summed E-state index contributed by atoms with van der Waals surface area (Å²) in [5.74, 6) is -4.52. The van der Waals surface area contributed by atoms with Crippen molar-refractivity contribution in [1.29, 1.82) is 0 Å². The Balaban J connectivity index is 1.87. The van der Waals surface area contributed by atoms with Gasteiger partial charge in [0.25, 0.3) is 5.91 Å². The molecule has 14 heteroatoms. The summed E-state index contributed by atoms with van der Waals surface area (Å²) < 4.78 is 55.3. The summed E-state index contributed by atoms with van der Waals surface area (Å²) in [7, 11) is -3.91. The molecule has 3 atom stereocenters. The first-order valence-corrected chi connectivity index (χ1v) is 18.2. The molecule has 1 aliphatic rings. The smallest absolute Gasteiger partial charge is 0.268 e. The molecule has 264 valence electrons. The number of carbonyl (C=O) groups excluding carboxylic acids is 3. The third-order valence-electron chi connectivity index (χ3n) is 8.17. The molecule has 1 unspecified atom stereocenters. The van der Waals surface area contributed by atoms with Gasteiger partial charge in [0.1, 0.15) is 23.4 Å². The summed E-state index contributed by atoms with van der Waals surface area (Å²) in [6.07, 6.45) is 1.28. The Morgan fingerprint density at radius 1 is 0.958 bits per heavy atom. The molecule has 5 N–H and O–H groups in total. The minimum absolute atomic E-state index is 0.00758. The van der Waals surface area contributed by atoms with Crippen molar-refractivity contribution >= 4 is 33.3 Å². The van der Waals surface area contributed by atoms with Gasteiger partial charge in [-0.05, 0) is 54.5 Å². The highest BCUT2D eigenvalue weighted by Crippen LogP contribution is 2.18. The standard InChI is InChI=1S/C34H47F2N5O6S/c1-4-8-27(9-5-2)48(46,47)21-30(39-33(44)28-12-13-32(43)41-40-28)34(45)38-29(17-24-15-25(35)18-26(36)16-24)31(42)20-37-19-23-11-7-10-22(6-3)14-23/h7,10-11,14-16,18,27,29-31,37,42H,4-6,8-9,12-13,17,19-21H2,1-3H3,(H,38,45)(H,39,44)(H,41,43)/t29-,30?,31+/m0/s1. The van der Waals surface area contributed by atoms with Crippen LogP contribution >= 0.6 is 0 Å². The van der Waals surface area contributed by atoms with Crippen LogP contribution < -0.4 is 21.4 Å². The Bertz CT molecular complexity index is 1530. The normalized spacial score (nSPS) is 15.3. The minimum atomic E-state index is -3.91.